The van der Waals surface area contributed by atoms with Crippen LogP contribution in [-0.4, -0.2) is 25.0 Å². The Morgan fingerprint density at radius 1 is 1.35 bits per heavy atom. The highest BCUT2D eigenvalue weighted by Crippen LogP contribution is 2.17. The Bertz CT molecular complexity index is 327. The van der Waals surface area contributed by atoms with Gasteiger partial charge in [-0.05, 0) is 29.8 Å². The first-order valence-corrected chi connectivity index (χ1v) is 6.58. The Labute approximate surface area is 107 Å². The molecule has 0 atom stereocenters. The Balaban J connectivity index is 2.10. The lowest BCUT2D eigenvalue weighted by Crippen LogP contribution is -2.24. The minimum atomic E-state index is -0.0376. The predicted molar refractivity (Wildman–Crippen MR) is 71.4 cm³/mol. The summed E-state index contributed by atoms with van der Waals surface area (Å²) in [7, 11) is 0. The maximum Gasteiger partial charge on any atom is 0.283 e. The average molecular weight is 253 g/mol. The smallest absolute Gasteiger partial charge is 0.283 e. The Morgan fingerprint density at radius 2 is 2.06 bits per heavy atom. The normalized spacial score (nSPS) is 10.5. The number of carbonyl (C=O) groups is 1. The van der Waals surface area contributed by atoms with E-state index >= 15 is 0 Å². The molecule has 0 aliphatic heterocycles. The van der Waals surface area contributed by atoms with E-state index in [1.165, 1.54) is 11.8 Å². The third kappa shape index (κ3) is 7.02. The van der Waals surface area contributed by atoms with Gasteiger partial charge in [-0.1, -0.05) is 32.0 Å². The summed E-state index contributed by atoms with van der Waals surface area (Å²) in [5.41, 5.74) is 0. The number of thioether (sulfide) groups is 1. The molecular formula is C13H19NO2S. The van der Waals surface area contributed by atoms with E-state index in [2.05, 4.69) is 19.2 Å². The third-order valence-electron chi connectivity index (χ3n) is 1.92. The molecule has 0 saturated carbocycles. The topological polar surface area (TPSA) is 38.3 Å². The molecule has 94 valence electrons. The molecule has 1 rings (SSSR count). The minimum Gasteiger partial charge on any atom is -0.379 e. The first kappa shape index (κ1) is 14.1. The van der Waals surface area contributed by atoms with Gasteiger partial charge in [0.1, 0.15) is 0 Å². The summed E-state index contributed by atoms with van der Waals surface area (Å²) < 4.78 is 5.37. The summed E-state index contributed by atoms with van der Waals surface area (Å²) in [5.74, 6) is 0.532. The summed E-state index contributed by atoms with van der Waals surface area (Å²) in [4.78, 5) is 12.5. The second-order valence-electron chi connectivity index (χ2n) is 4.10. The second kappa shape index (κ2) is 8.14. The summed E-state index contributed by atoms with van der Waals surface area (Å²) in [6, 6.07) is 9.60. The van der Waals surface area contributed by atoms with Gasteiger partial charge in [0.2, 0.25) is 0 Å². The molecule has 0 spiro atoms. The lowest BCUT2D eigenvalue weighted by Gasteiger charge is -2.07. The zero-order chi connectivity index (χ0) is 12.5. The van der Waals surface area contributed by atoms with Gasteiger partial charge in [-0.25, -0.2) is 0 Å². The first-order valence-electron chi connectivity index (χ1n) is 5.77. The highest BCUT2D eigenvalue weighted by Gasteiger charge is 2.02. The number of amides is 1. The average Bonchev–Trinajstić information content (AvgIpc) is 2.29. The van der Waals surface area contributed by atoms with Gasteiger partial charge in [0.25, 0.3) is 5.24 Å². The van der Waals surface area contributed by atoms with E-state index in [9.17, 15) is 4.79 Å². The molecule has 0 bridgehead atoms. The van der Waals surface area contributed by atoms with E-state index < -0.39 is 0 Å². The standard InChI is InChI=1S/C13H19NO2S/c1-11(2)10-16-9-8-14-13(15)17-12-6-4-3-5-7-12/h3-7,11H,8-10H2,1-2H3,(H,14,15). The quantitative estimate of drug-likeness (QED) is 0.625. The van der Waals surface area contributed by atoms with Crippen molar-refractivity contribution in [2.24, 2.45) is 5.92 Å². The van der Waals surface area contributed by atoms with Crippen molar-refractivity contribution >= 4 is 17.0 Å². The minimum absolute atomic E-state index is 0.0376. The third-order valence-corrected chi connectivity index (χ3v) is 2.76. The fourth-order valence-electron chi connectivity index (χ4n) is 1.18. The Morgan fingerprint density at radius 3 is 2.71 bits per heavy atom. The van der Waals surface area contributed by atoms with Crippen LogP contribution in [0.2, 0.25) is 0 Å². The van der Waals surface area contributed by atoms with Crippen LogP contribution in [0, 0.1) is 5.92 Å². The van der Waals surface area contributed by atoms with Crippen molar-refractivity contribution < 1.29 is 9.53 Å². The van der Waals surface area contributed by atoms with Crippen molar-refractivity contribution in [2.75, 3.05) is 19.8 Å². The summed E-state index contributed by atoms with van der Waals surface area (Å²) in [5, 5.41) is 2.77. The molecule has 1 aromatic rings. The van der Waals surface area contributed by atoms with Crippen LogP contribution in [0.3, 0.4) is 0 Å². The van der Waals surface area contributed by atoms with Crippen LogP contribution in [0.25, 0.3) is 0 Å². The molecule has 0 aromatic heterocycles. The predicted octanol–water partition coefficient (Wildman–Crippen LogP) is 3.16. The van der Waals surface area contributed by atoms with Gasteiger partial charge in [0.05, 0.1) is 6.61 Å². The molecule has 4 heteroatoms. The number of hydrogen-bond acceptors (Lipinski definition) is 3. The molecule has 1 N–H and O–H groups in total. The van der Waals surface area contributed by atoms with Gasteiger partial charge in [-0.3, -0.25) is 4.79 Å². The number of hydrogen-bond donors (Lipinski definition) is 1. The van der Waals surface area contributed by atoms with Gasteiger partial charge in [0.15, 0.2) is 0 Å². The fraction of sp³-hybridized carbons (Fsp3) is 0.462. The first-order chi connectivity index (χ1) is 8.18. The van der Waals surface area contributed by atoms with E-state index in [1.807, 2.05) is 30.3 Å². The van der Waals surface area contributed by atoms with Crippen molar-refractivity contribution in [3.8, 4) is 0 Å². The van der Waals surface area contributed by atoms with Gasteiger partial charge in [-0.2, -0.15) is 0 Å². The summed E-state index contributed by atoms with van der Waals surface area (Å²) in [6.45, 7) is 6.07. The molecule has 0 aliphatic carbocycles. The van der Waals surface area contributed by atoms with E-state index in [0.717, 1.165) is 11.5 Å². The molecule has 17 heavy (non-hydrogen) atoms. The van der Waals surface area contributed by atoms with E-state index in [4.69, 9.17) is 4.74 Å². The van der Waals surface area contributed by atoms with E-state index in [1.54, 1.807) is 0 Å². The number of benzene rings is 1. The number of nitrogens with one attached hydrogen (secondary N) is 1. The van der Waals surface area contributed by atoms with Crippen LogP contribution in [0.1, 0.15) is 13.8 Å². The molecule has 0 fully saturated rings. The Hall–Kier alpha value is -1.00. The van der Waals surface area contributed by atoms with Crippen molar-refractivity contribution in [3.63, 3.8) is 0 Å². The monoisotopic (exact) mass is 253 g/mol. The van der Waals surface area contributed by atoms with Gasteiger partial charge >= 0.3 is 0 Å². The van der Waals surface area contributed by atoms with Crippen molar-refractivity contribution in [1.29, 1.82) is 0 Å². The highest BCUT2D eigenvalue weighted by atomic mass is 32.2. The molecule has 1 amide bonds. The van der Waals surface area contributed by atoms with Gasteiger partial charge in [0, 0.05) is 18.0 Å². The van der Waals surface area contributed by atoms with Crippen LogP contribution in [0.15, 0.2) is 35.2 Å². The van der Waals surface area contributed by atoms with E-state index in [-0.39, 0.29) is 5.24 Å². The van der Waals surface area contributed by atoms with Crippen LogP contribution >= 0.6 is 11.8 Å². The Kier molecular flexibility index (Phi) is 6.74. The second-order valence-corrected chi connectivity index (χ2v) is 5.14. The lowest BCUT2D eigenvalue weighted by atomic mass is 10.2. The maximum absolute atomic E-state index is 11.5. The number of ether oxygens (including phenoxy) is 1. The van der Waals surface area contributed by atoms with Crippen LogP contribution < -0.4 is 5.32 Å². The molecular weight excluding hydrogens is 234 g/mol. The lowest BCUT2D eigenvalue weighted by molar-refractivity contribution is 0.113. The molecule has 0 aliphatic rings. The summed E-state index contributed by atoms with van der Waals surface area (Å²) in [6.07, 6.45) is 0. The molecule has 3 nitrogen and oxygen atoms in total. The number of rotatable bonds is 6. The molecule has 0 saturated heterocycles. The highest BCUT2D eigenvalue weighted by molar-refractivity contribution is 8.13. The van der Waals surface area contributed by atoms with Gasteiger partial charge in [-0.15, -0.1) is 0 Å². The molecule has 0 heterocycles. The zero-order valence-electron chi connectivity index (χ0n) is 10.3. The fourth-order valence-corrected chi connectivity index (χ4v) is 1.86. The van der Waals surface area contributed by atoms with Crippen LogP contribution in [-0.2, 0) is 4.74 Å². The maximum atomic E-state index is 11.5. The molecule has 0 unspecified atom stereocenters. The SMILES string of the molecule is CC(C)COCCNC(=O)Sc1ccccc1. The van der Waals surface area contributed by atoms with Gasteiger partial charge < -0.3 is 10.1 Å². The molecule has 1 aromatic carbocycles. The largest absolute Gasteiger partial charge is 0.379 e. The van der Waals surface area contributed by atoms with Crippen molar-refractivity contribution in [1.82, 2.24) is 5.32 Å². The van der Waals surface area contributed by atoms with Crippen molar-refractivity contribution in [2.45, 2.75) is 18.7 Å². The van der Waals surface area contributed by atoms with Crippen molar-refractivity contribution in [3.05, 3.63) is 30.3 Å². The van der Waals surface area contributed by atoms with E-state index in [0.29, 0.717) is 19.1 Å². The van der Waals surface area contributed by atoms with Crippen LogP contribution in [0.5, 0.6) is 0 Å². The van der Waals surface area contributed by atoms with Crippen LogP contribution in [0.4, 0.5) is 4.79 Å². The number of carbonyl (C=O) groups excluding carboxylic acids is 1. The zero-order valence-corrected chi connectivity index (χ0v) is 11.1. The summed E-state index contributed by atoms with van der Waals surface area (Å²) >= 11 is 1.20. The molecule has 0 radical (unpaired) electrons.